The van der Waals surface area contributed by atoms with Crippen LogP contribution in [-0.4, -0.2) is 39.5 Å². The van der Waals surface area contributed by atoms with Crippen molar-refractivity contribution in [2.45, 2.75) is 19.1 Å². The van der Waals surface area contributed by atoms with E-state index in [1.807, 2.05) is 20.0 Å². The van der Waals surface area contributed by atoms with Crippen LogP contribution in [0.2, 0.25) is 0 Å². The lowest BCUT2D eigenvalue weighted by Gasteiger charge is -2.31. The molecule has 0 aromatic heterocycles. The molecule has 2 atom stereocenters. The van der Waals surface area contributed by atoms with Crippen LogP contribution >= 0.6 is 0 Å². The van der Waals surface area contributed by atoms with Gasteiger partial charge >= 0.3 is 0 Å². The van der Waals surface area contributed by atoms with Crippen LogP contribution < -0.4 is 15.4 Å². The molecule has 1 aliphatic rings. The Labute approximate surface area is 113 Å². The van der Waals surface area contributed by atoms with Gasteiger partial charge in [-0.3, -0.25) is 0 Å². The van der Waals surface area contributed by atoms with Crippen molar-refractivity contribution in [2.75, 3.05) is 33.4 Å². The molecule has 0 saturated carbocycles. The molecule has 2 N–H and O–H groups in total. The van der Waals surface area contributed by atoms with Gasteiger partial charge in [-0.25, -0.2) is 4.39 Å². The van der Waals surface area contributed by atoms with Gasteiger partial charge in [0.1, 0.15) is 0 Å². The van der Waals surface area contributed by atoms with Crippen LogP contribution in [0.15, 0.2) is 18.2 Å². The van der Waals surface area contributed by atoms with Crippen molar-refractivity contribution in [3.05, 3.63) is 29.6 Å². The summed E-state index contributed by atoms with van der Waals surface area (Å²) in [4.78, 5) is 0. The van der Waals surface area contributed by atoms with Gasteiger partial charge in [0.15, 0.2) is 11.6 Å². The summed E-state index contributed by atoms with van der Waals surface area (Å²) in [6.45, 7) is 4.61. The zero-order valence-corrected chi connectivity index (χ0v) is 11.4. The largest absolute Gasteiger partial charge is 0.491 e. The van der Waals surface area contributed by atoms with Crippen LogP contribution in [0.5, 0.6) is 5.75 Å². The van der Waals surface area contributed by atoms with E-state index in [-0.39, 0.29) is 18.0 Å². The van der Waals surface area contributed by atoms with E-state index in [9.17, 15) is 4.39 Å². The average molecular weight is 268 g/mol. The number of morpholine rings is 1. The van der Waals surface area contributed by atoms with E-state index in [4.69, 9.17) is 9.47 Å². The third-order valence-electron chi connectivity index (χ3n) is 3.25. The summed E-state index contributed by atoms with van der Waals surface area (Å²) in [5, 5.41) is 6.48. The molecule has 19 heavy (non-hydrogen) atoms. The van der Waals surface area contributed by atoms with Crippen molar-refractivity contribution in [3.63, 3.8) is 0 Å². The first-order chi connectivity index (χ1) is 9.26. The van der Waals surface area contributed by atoms with Crippen molar-refractivity contribution in [3.8, 4) is 5.75 Å². The van der Waals surface area contributed by atoms with Crippen LogP contribution in [0.1, 0.15) is 18.5 Å². The van der Waals surface area contributed by atoms with Gasteiger partial charge in [-0.15, -0.1) is 0 Å². The molecule has 5 heteroatoms. The molecule has 0 aliphatic carbocycles. The highest BCUT2D eigenvalue weighted by Gasteiger charge is 2.25. The lowest BCUT2D eigenvalue weighted by molar-refractivity contribution is 0.00531. The summed E-state index contributed by atoms with van der Waals surface area (Å²) in [5.41, 5.74) is 0.872. The Morgan fingerprint density at radius 2 is 2.42 bits per heavy atom. The Kier molecular flexibility index (Phi) is 5.13. The summed E-state index contributed by atoms with van der Waals surface area (Å²) >= 11 is 0. The maximum atomic E-state index is 13.9. The molecular weight excluding hydrogens is 247 g/mol. The number of benzene rings is 1. The van der Waals surface area contributed by atoms with Crippen LogP contribution in [0, 0.1) is 5.82 Å². The van der Waals surface area contributed by atoms with Gasteiger partial charge < -0.3 is 20.1 Å². The van der Waals surface area contributed by atoms with Gasteiger partial charge in [0.25, 0.3) is 0 Å². The van der Waals surface area contributed by atoms with E-state index in [0.29, 0.717) is 19.0 Å². The highest BCUT2D eigenvalue weighted by atomic mass is 19.1. The third-order valence-corrected chi connectivity index (χ3v) is 3.25. The second-order valence-electron chi connectivity index (χ2n) is 4.50. The zero-order valence-electron chi connectivity index (χ0n) is 11.4. The molecule has 1 aromatic carbocycles. The number of hydrogen-bond donors (Lipinski definition) is 2. The van der Waals surface area contributed by atoms with Crippen LogP contribution in [0.4, 0.5) is 4.39 Å². The summed E-state index contributed by atoms with van der Waals surface area (Å²) in [6, 6.07) is 5.05. The van der Waals surface area contributed by atoms with Crippen LogP contribution in [-0.2, 0) is 4.74 Å². The first-order valence-corrected chi connectivity index (χ1v) is 6.68. The first-order valence-electron chi connectivity index (χ1n) is 6.68. The monoisotopic (exact) mass is 268 g/mol. The second kappa shape index (κ2) is 6.84. The summed E-state index contributed by atoms with van der Waals surface area (Å²) in [5.74, 6) is -0.0350. The fourth-order valence-electron chi connectivity index (χ4n) is 2.35. The topological polar surface area (TPSA) is 42.5 Å². The highest BCUT2D eigenvalue weighted by molar-refractivity contribution is 5.31. The Bertz CT molecular complexity index is 408. The molecule has 1 aliphatic heterocycles. The van der Waals surface area contributed by atoms with Crippen molar-refractivity contribution >= 4 is 0 Å². The first kappa shape index (κ1) is 14.2. The molecule has 106 valence electrons. The number of ether oxygens (including phenoxy) is 2. The fourth-order valence-corrected chi connectivity index (χ4v) is 2.35. The molecule has 1 heterocycles. The lowest BCUT2D eigenvalue weighted by atomic mass is 10.0. The minimum atomic E-state index is -0.330. The molecule has 0 bridgehead atoms. The standard InChI is InChI=1S/C14H21FN2O2/c1-3-18-12-5-4-10(8-11(12)15)14(16-2)13-9-17-6-7-19-13/h4-5,8,13-14,16-17H,3,6-7,9H2,1-2H3. The number of hydrogen-bond acceptors (Lipinski definition) is 4. The second-order valence-corrected chi connectivity index (χ2v) is 4.50. The van der Waals surface area contributed by atoms with E-state index in [2.05, 4.69) is 10.6 Å². The minimum Gasteiger partial charge on any atom is -0.491 e. The van der Waals surface area contributed by atoms with E-state index in [0.717, 1.165) is 18.7 Å². The molecule has 1 fully saturated rings. The van der Waals surface area contributed by atoms with Gasteiger partial charge in [0, 0.05) is 13.1 Å². The quantitative estimate of drug-likeness (QED) is 0.849. The molecule has 1 aromatic rings. The van der Waals surface area contributed by atoms with E-state index < -0.39 is 0 Å². The van der Waals surface area contributed by atoms with Crippen molar-refractivity contribution in [2.24, 2.45) is 0 Å². The molecule has 0 amide bonds. The van der Waals surface area contributed by atoms with Gasteiger partial charge in [0.05, 0.1) is 25.4 Å². The predicted molar refractivity (Wildman–Crippen MR) is 72.0 cm³/mol. The lowest BCUT2D eigenvalue weighted by Crippen LogP contribution is -2.45. The van der Waals surface area contributed by atoms with Crippen LogP contribution in [0.25, 0.3) is 0 Å². The third kappa shape index (κ3) is 3.43. The fraction of sp³-hybridized carbons (Fsp3) is 0.571. The van der Waals surface area contributed by atoms with E-state index in [1.54, 1.807) is 6.07 Å². The smallest absolute Gasteiger partial charge is 0.165 e. The number of likely N-dealkylation sites (N-methyl/N-ethyl adjacent to an activating group) is 1. The molecule has 1 saturated heterocycles. The Morgan fingerprint density at radius 3 is 3.00 bits per heavy atom. The van der Waals surface area contributed by atoms with Crippen molar-refractivity contribution < 1.29 is 13.9 Å². The summed E-state index contributed by atoms with van der Waals surface area (Å²) < 4.78 is 24.8. The summed E-state index contributed by atoms with van der Waals surface area (Å²) in [7, 11) is 1.86. The normalized spacial score (nSPS) is 21.1. The average Bonchev–Trinajstić information content (AvgIpc) is 2.44. The molecule has 4 nitrogen and oxygen atoms in total. The van der Waals surface area contributed by atoms with Crippen LogP contribution in [0.3, 0.4) is 0 Å². The Balaban J connectivity index is 2.15. The Morgan fingerprint density at radius 1 is 1.58 bits per heavy atom. The summed E-state index contributed by atoms with van der Waals surface area (Å²) in [6.07, 6.45) is 0.0103. The SMILES string of the molecule is CCOc1ccc(C(NC)C2CNCCO2)cc1F. The van der Waals surface area contributed by atoms with Crippen molar-refractivity contribution in [1.82, 2.24) is 10.6 Å². The van der Waals surface area contributed by atoms with E-state index in [1.165, 1.54) is 6.07 Å². The number of rotatable bonds is 5. The molecule has 2 unspecified atom stereocenters. The molecular formula is C14H21FN2O2. The van der Waals surface area contributed by atoms with Crippen molar-refractivity contribution in [1.29, 1.82) is 0 Å². The number of halogens is 1. The molecule has 0 radical (unpaired) electrons. The minimum absolute atomic E-state index is 0.0103. The van der Waals surface area contributed by atoms with Gasteiger partial charge in [-0.05, 0) is 31.7 Å². The molecule has 0 spiro atoms. The maximum Gasteiger partial charge on any atom is 0.165 e. The van der Waals surface area contributed by atoms with Gasteiger partial charge in [-0.2, -0.15) is 0 Å². The van der Waals surface area contributed by atoms with Gasteiger partial charge in [0.2, 0.25) is 0 Å². The van der Waals surface area contributed by atoms with Gasteiger partial charge in [-0.1, -0.05) is 6.07 Å². The maximum absolute atomic E-state index is 13.9. The predicted octanol–water partition coefficient (Wildman–Crippen LogP) is 1.47. The highest BCUT2D eigenvalue weighted by Crippen LogP contribution is 2.25. The molecule has 2 rings (SSSR count). The Hall–Kier alpha value is -1.17. The zero-order chi connectivity index (χ0) is 13.7. The number of nitrogens with one attached hydrogen (secondary N) is 2. The van der Waals surface area contributed by atoms with E-state index >= 15 is 0 Å².